The second-order valence-electron chi connectivity index (χ2n) is 8.11. The number of piperidine rings is 1. The van der Waals surface area contributed by atoms with Gasteiger partial charge in [0.2, 0.25) is 0 Å². The molecular formula is C20H29N5O. The third-order valence-corrected chi connectivity index (χ3v) is 6.38. The Morgan fingerprint density at radius 2 is 2.12 bits per heavy atom. The van der Waals surface area contributed by atoms with Crippen molar-refractivity contribution in [1.82, 2.24) is 25.0 Å². The summed E-state index contributed by atoms with van der Waals surface area (Å²) in [6.45, 7) is 10.2. The number of fused-ring (bicyclic) bond motifs is 1. The van der Waals surface area contributed by atoms with E-state index in [1.807, 2.05) is 28.8 Å². The van der Waals surface area contributed by atoms with Gasteiger partial charge in [-0.05, 0) is 57.6 Å². The average Bonchev–Trinajstić information content (AvgIpc) is 3.28. The molecule has 6 heteroatoms. The van der Waals surface area contributed by atoms with Gasteiger partial charge in [-0.3, -0.25) is 4.79 Å². The van der Waals surface area contributed by atoms with Gasteiger partial charge in [0.15, 0.2) is 5.65 Å². The third kappa shape index (κ3) is 2.90. The molecule has 2 fully saturated rings. The first kappa shape index (κ1) is 17.5. The van der Waals surface area contributed by atoms with Crippen LogP contribution in [0.5, 0.6) is 0 Å². The van der Waals surface area contributed by atoms with E-state index < -0.39 is 0 Å². The van der Waals surface area contributed by atoms with Gasteiger partial charge in [0, 0.05) is 25.3 Å². The maximum atomic E-state index is 13.3. The van der Waals surface area contributed by atoms with Gasteiger partial charge < -0.3 is 10.2 Å². The summed E-state index contributed by atoms with van der Waals surface area (Å²) in [7, 11) is 0. The second-order valence-corrected chi connectivity index (χ2v) is 8.11. The fourth-order valence-electron chi connectivity index (χ4n) is 4.39. The quantitative estimate of drug-likeness (QED) is 0.919. The Morgan fingerprint density at radius 3 is 2.77 bits per heavy atom. The minimum absolute atomic E-state index is 0.130. The number of nitrogens with zero attached hydrogens (tertiary/aromatic N) is 4. The summed E-state index contributed by atoms with van der Waals surface area (Å²) < 4.78 is 1.95. The van der Waals surface area contributed by atoms with Gasteiger partial charge in [-0.25, -0.2) is 9.67 Å². The standard InChI is InChI=1S/C20H29N5O/c1-4-15(3)25-18-17(12-22-25)16(11-14(2)23-18)19(26)24-9-6-20(7-10-24)5-8-21-13-20/h11-12,15,21H,4-10,13H2,1-3H3. The highest BCUT2D eigenvalue weighted by Crippen LogP contribution is 2.37. The van der Waals surface area contributed by atoms with E-state index in [0.717, 1.165) is 67.7 Å². The third-order valence-electron chi connectivity index (χ3n) is 6.38. The minimum atomic E-state index is 0.130. The van der Waals surface area contributed by atoms with Crippen molar-refractivity contribution in [3.8, 4) is 0 Å². The molecule has 140 valence electrons. The molecule has 6 nitrogen and oxygen atoms in total. The Bertz CT molecular complexity index is 811. The number of nitrogens with one attached hydrogen (secondary N) is 1. The van der Waals surface area contributed by atoms with Crippen LogP contribution < -0.4 is 5.32 Å². The molecule has 1 N–H and O–H groups in total. The fraction of sp³-hybridized carbons (Fsp3) is 0.650. The van der Waals surface area contributed by atoms with Crippen LogP contribution in [0.15, 0.2) is 12.3 Å². The number of likely N-dealkylation sites (tertiary alicyclic amines) is 1. The molecule has 0 bridgehead atoms. The van der Waals surface area contributed by atoms with Gasteiger partial charge in [0.05, 0.1) is 23.2 Å². The van der Waals surface area contributed by atoms with Crippen LogP contribution in [0.25, 0.3) is 11.0 Å². The minimum Gasteiger partial charge on any atom is -0.339 e. The summed E-state index contributed by atoms with van der Waals surface area (Å²) in [5, 5.41) is 8.89. The van der Waals surface area contributed by atoms with Gasteiger partial charge >= 0.3 is 0 Å². The van der Waals surface area contributed by atoms with Gasteiger partial charge in [-0.1, -0.05) is 6.92 Å². The van der Waals surface area contributed by atoms with Gasteiger partial charge in [-0.2, -0.15) is 5.10 Å². The first-order chi connectivity index (χ1) is 12.5. The zero-order valence-corrected chi connectivity index (χ0v) is 16.1. The largest absolute Gasteiger partial charge is 0.339 e. The number of aromatic nitrogens is 3. The zero-order valence-electron chi connectivity index (χ0n) is 16.1. The van der Waals surface area contributed by atoms with Crippen LogP contribution in [-0.2, 0) is 0 Å². The molecule has 0 saturated carbocycles. The van der Waals surface area contributed by atoms with Crippen LogP contribution in [0.1, 0.15) is 61.6 Å². The highest BCUT2D eigenvalue weighted by molar-refractivity contribution is 6.05. The molecule has 2 aliphatic heterocycles. The molecule has 0 aliphatic carbocycles. The van der Waals surface area contributed by atoms with Gasteiger partial charge in [0.25, 0.3) is 5.91 Å². The Balaban J connectivity index is 1.62. The molecule has 2 aliphatic rings. The van der Waals surface area contributed by atoms with E-state index in [1.165, 1.54) is 6.42 Å². The van der Waals surface area contributed by atoms with Crippen molar-refractivity contribution in [2.75, 3.05) is 26.2 Å². The number of amides is 1. The predicted octanol–water partition coefficient (Wildman–Crippen LogP) is 2.93. The number of carbonyl (C=O) groups is 1. The lowest BCUT2D eigenvalue weighted by Gasteiger charge is -2.39. The molecule has 1 spiro atoms. The maximum absolute atomic E-state index is 13.3. The number of carbonyl (C=O) groups excluding carboxylic acids is 1. The summed E-state index contributed by atoms with van der Waals surface area (Å²) in [4.78, 5) is 20.0. The van der Waals surface area contributed by atoms with E-state index in [-0.39, 0.29) is 11.9 Å². The first-order valence-electron chi connectivity index (χ1n) is 9.88. The number of hydrogen-bond donors (Lipinski definition) is 1. The highest BCUT2D eigenvalue weighted by Gasteiger charge is 2.38. The topological polar surface area (TPSA) is 63.1 Å². The van der Waals surface area contributed by atoms with Crippen LogP contribution in [0.3, 0.4) is 0 Å². The summed E-state index contributed by atoms with van der Waals surface area (Å²) >= 11 is 0. The van der Waals surface area contributed by atoms with Crippen molar-refractivity contribution in [2.24, 2.45) is 5.41 Å². The smallest absolute Gasteiger partial charge is 0.254 e. The van der Waals surface area contributed by atoms with E-state index in [4.69, 9.17) is 0 Å². The lowest BCUT2D eigenvalue weighted by molar-refractivity contribution is 0.0609. The molecule has 2 saturated heterocycles. The molecule has 2 aromatic rings. The molecule has 2 aromatic heterocycles. The summed E-state index contributed by atoms with van der Waals surface area (Å²) in [6, 6.07) is 2.20. The van der Waals surface area contributed by atoms with Gasteiger partial charge in [0.1, 0.15) is 0 Å². The number of hydrogen-bond acceptors (Lipinski definition) is 4. The van der Waals surface area contributed by atoms with Crippen molar-refractivity contribution < 1.29 is 4.79 Å². The van der Waals surface area contributed by atoms with E-state index in [9.17, 15) is 4.79 Å². The Kier molecular flexibility index (Phi) is 4.47. The highest BCUT2D eigenvalue weighted by atomic mass is 16.2. The summed E-state index contributed by atoms with van der Waals surface area (Å²) in [5.41, 5.74) is 2.87. The van der Waals surface area contributed by atoms with Crippen LogP contribution >= 0.6 is 0 Å². The van der Waals surface area contributed by atoms with Crippen LogP contribution in [0.4, 0.5) is 0 Å². The summed E-state index contributed by atoms with van der Waals surface area (Å²) in [6.07, 6.45) is 6.25. The molecule has 4 rings (SSSR count). The van der Waals surface area contributed by atoms with Crippen LogP contribution in [-0.4, -0.2) is 51.8 Å². The average molecular weight is 355 g/mol. The van der Waals surface area contributed by atoms with Crippen molar-refractivity contribution in [2.45, 2.75) is 52.5 Å². The van der Waals surface area contributed by atoms with Crippen LogP contribution in [0, 0.1) is 12.3 Å². The molecule has 1 unspecified atom stereocenters. The molecule has 1 amide bonds. The SMILES string of the molecule is CCC(C)n1ncc2c(C(=O)N3CCC4(CCNC4)CC3)cc(C)nc21. The van der Waals surface area contributed by atoms with E-state index in [0.29, 0.717) is 5.41 Å². The first-order valence-corrected chi connectivity index (χ1v) is 9.88. The fourth-order valence-corrected chi connectivity index (χ4v) is 4.39. The number of rotatable bonds is 3. The van der Waals surface area contributed by atoms with Crippen molar-refractivity contribution in [3.63, 3.8) is 0 Å². The monoisotopic (exact) mass is 355 g/mol. The van der Waals surface area contributed by atoms with Gasteiger partial charge in [-0.15, -0.1) is 0 Å². The normalized spacial score (nSPS) is 20.8. The lowest BCUT2D eigenvalue weighted by Crippen LogP contribution is -2.44. The predicted molar refractivity (Wildman–Crippen MR) is 102 cm³/mol. The maximum Gasteiger partial charge on any atom is 0.254 e. The van der Waals surface area contributed by atoms with E-state index in [1.54, 1.807) is 0 Å². The second kappa shape index (κ2) is 6.65. The van der Waals surface area contributed by atoms with Crippen molar-refractivity contribution in [3.05, 3.63) is 23.5 Å². The Hall–Kier alpha value is -1.95. The number of pyridine rings is 1. The molecule has 0 radical (unpaired) electrons. The molecule has 4 heterocycles. The van der Waals surface area contributed by atoms with E-state index >= 15 is 0 Å². The molecule has 1 atom stereocenters. The Morgan fingerprint density at radius 1 is 1.35 bits per heavy atom. The lowest BCUT2D eigenvalue weighted by atomic mass is 9.78. The van der Waals surface area contributed by atoms with E-state index in [2.05, 4.69) is 29.2 Å². The zero-order chi connectivity index (χ0) is 18.3. The molecule has 26 heavy (non-hydrogen) atoms. The molecular weight excluding hydrogens is 326 g/mol. The van der Waals surface area contributed by atoms with Crippen molar-refractivity contribution >= 4 is 16.9 Å². The number of aryl methyl sites for hydroxylation is 1. The summed E-state index contributed by atoms with van der Waals surface area (Å²) in [5.74, 6) is 0.130. The van der Waals surface area contributed by atoms with Crippen molar-refractivity contribution in [1.29, 1.82) is 0 Å². The molecule has 0 aromatic carbocycles. The van der Waals surface area contributed by atoms with Crippen LogP contribution in [0.2, 0.25) is 0 Å². The Labute approximate surface area is 155 Å².